The highest BCUT2D eigenvalue weighted by molar-refractivity contribution is 6.36. The quantitative estimate of drug-likeness (QED) is 0.368. The van der Waals surface area contributed by atoms with Gasteiger partial charge in [-0.05, 0) is 24.3 Å². The zero-order chi connectivity index (χ0) is 22.8. The Balaban J connectivity index is 0.000000254. The van der Waals surface area contributed by atoms with Crippen molar-refractivity contribution in [1.82, 2.24) is 14.6 Å². The molecule has 4 rings (SSSR count). The first kappa shape index (κ1) is 22.4. The number of carboxylic acids is 1. The van der Waals surface area contributed by atoms with Gasteiger partial charge in [0.15, 0.2) is 17.0 Å². The monoisotopic (exact) mass is 468 g/mol. The molecule has 0 amide bonds. The fourth-order valence-corrected chi connectivity index (χ4v) is 2.95. The fourth-order valence-electron chi connectivity index (χ4n) is 2.54. The molecule has 0 radical (unpaired) electrons. The zero-order valence-corrected chi connectivity index (χ0v) is 16.9. The molecule has 0 bridgehead atoms. The first-order valence-corrected chi connectivity index (χ1v) is 9.29. The summed E-state index contributed by atoms with van der Waals surface area (Å²) in [5, 5.41) is 13.4. The number of aromatic nitrogens is 3. The number of nitrogens with zero attached hydrogens (tertiary/aromatic N) is 3. The van der Waals surface area contributed by atoms with Crippen LogP contribution in [0.2, 0.25) is 10.0 Å². The number of anilines is 1. The van der Waals surface area contributed by atoms with Crippen molar-refractivity contribution < 1.29 is 23.1 Å². The van der Waals surface area contributed by atoms with E-state index in [0.29, 0.717) is 25.8 Å². The summed E-state index contributed by atoms with van der Waals surface area (Å²) in [6, 6.07) is 15.1. The highest BCUT2D eigenvalue weighted by atomic mass is 35.5. The van der Waals surface area contributed by atoms with Crippen molar-refractivity contribution in [2.45, 2.75) is 6.18 Å². The number of benzene rings is 2. The number of nitrogen functional groups attached to an aromatic ring is 1. The minimum absolute atomic E-state index is 0.0947. The number of aromatic carboxylic acids is 1. The lowest BCUT2D eigenvalue weighted by Gasteiger charge is -2.10. The molecule has 0 atom stereocenters. The highest BCUT2D eigenvalue weighted by Gasteiger charge is 2.35. The van der Waals surface area contributed by atoms with Gasteiger partial charge in [-0.3, -0.25) is 0 Å². The molecular formula is C20H13Cl2F3N4O2. The van der Waals surface area contributed by atoms with Crippen LogP contribution < -0.4 is 5.73 Å². The molecule has 2 aromatic heterocycles. The maximum absolute atomic E-state index is 13.2. The van der Waals surface area contributed by atoms with Crippen LogP contribution in [0.4, 0.5) is 18.9 Å². The van der Waals surface area contributed by atoms with E-state index in [4.69, 9.17) is 34.0 Å². The van der Waals surface area contributed by atoms with E-state index in [2.05, 4.69) is 10.1 Å². The van der Waals surface area contributed by atoms with Crippen LogP contribution in [-0.2, 0) is 6.18 Å². The molecule has 0 aliphatic heterocycles. The van der Waals surface area contributed by atoms with Gasteiger partial charge in [-0.15, -0.1) is 0 Å². The third-order valence-electron chi connectivity index (χ3n) is 3.97. The molecule has 0 aliphatic carbocycles. The number of nitrogens with two attached hydrogens (primary N) is 1. The molecule has 2 heterocycles. The van der Waals surface area contributed by atoms with Gasteiger partial charge < -0.3 is 10.8 Å². The fraction of sp³-hybridized carbons (Fsp3) is 0.0500. The van der Waals surface area contributed by atoms with Crippen molar-refractivity contribution in [3.63, 3.8) is 0 Å². The molecule has 0 unspecified atom stereocenters. The topological polar surface area (TPSA) is 93.5 Å². The molecule has 0 saturated carbocycles. The van der Waals surface area contributed by atoms with E-state index < -0.39 is 23.5 Å². The normalized spacial score (nSPS) is 11.1. The van der Waals surface area contributed by atoms with Crippen molar-refractivity contribution in [2.24, 2.45) is 0 Å². The summed E-state index contributed by atoms with van der Waals surface area (Å²) in [5.74, 6) is -1.42. The average Bonchev–Trinajstić information content (AvgIpc) is 3.15. The molecule has 0 spiro atoms. The Bertz CT molecular complexity index is 1240. The van der Waals surface area contributed by atoms with Gasteiger partial charge in [-0.1, -0.05) is 53.5 Å². The molecule has 0 aliphatic rings. The third kappa shape index (κ3) is 5.25. The van der Waals surface area contributed by atoms with Crippen LogP contribution in [0.15, 0.2) is 60.7 Å². The number of hydrogen-bond donors (Lipinski definition) is 2. The number of carbonyl (C=O) groups is 1. The molecular weight excluding hydrogens is 456 g/mol. The van der Waals surface area contributed by atoms with Crippen LogP contribution in [0.25, 0.3) is 16.9 Å². The van der Waals surface area contributed by atoms with E-state index in [1.165, 1.54) is 0 Å². The lowest BCUT2D eigenvalue weighted by molar-refractivity contribution is -0.142. The summed E-state index contributed by atoms with van der Waals surface area (Å²) in [6.07, 6.45) is -4.69. The maximum Gasteiger partial charge on any atom is 0.433 e. The Morgan fingerprint density at radius 1 is 1.03 bits per heavy atom. The van der Waals surface area contributed by atoms with Gasteiger partial charge in [0.1, 0.15) is 0 Å². The summed E-state index contributed by atoms with van der Waals surface area (Å²) < 4.78 is 40.1. The standard InChI is InChI=1S/C14H8F3N3O2.C6H5Cl2N/c15-14(16,17)11-6-9(8-4-2-1-3-5-8)18-12-7-10(13(21)22)19-20(11)12;7-4-1-2-6(9)5(8)3-4/h1-7H,(H,21,22);1-3H,9H2. The number of fused-ring (bicyclic) bond motifs is 1. The van der Waals surface area contributed by atoms with Crippen LogP contribution in [-0.4, -0.2) is 25.7 Å². The van der Waals surface area contributed by atoms with Gasteiger partial charge in [-0.2, -0.15) is 18.3 Å². The molecule has 11 heteroatoms. The Morgan fingerprint density at radius 2 is 1.71 bits per heavy atom. The summed E-state index contributed by atoms with van der Waals surface area (Å²) in [4.78, 5) is 15.0. The predicted octanol–water partition coefficient (Wildman–Crippen LogP) is 5.69. The second kappa shape index (κ2) is 8.83. The van der Waals surface area contributed by atoms with Crippen molar-refractivity contribution in [2.75, 3.05) is 5.73 Å². The van der Waals surface area contributed by atoms with E-state index in [9.17, 15) is 18.0 Å². The van der Waals surface area contributed by atoms with E-state index in [1.54, 1.807) is 48.5 Å². The number of halogens is 5. The molecule has 0 saturated heterocycles. The Labute approximate surface area is 183 Å². The lowest BCUT2D eigenvalue weighted by Crippen LogP contribution is -2.14. The molecule has 3 N–H and O–H groups in total. The number of alkyl halides is 3. The van der Waals surface area contributed by atoms with Crippen LogP contribution in [0.3, 0.4) is 0 Å². The first-order chi connectivity index (χ1) is 14.6. The van der Waals surface area contributed by atoms with Crippen molar-refractivity contribution in [3.8, 4) is 11.3 Å². The minimum Gasteiger partial charge on any atom is -0.476 e. The minimum atomic E-state index is -4.69. The Morgan fingerprint density at radius 3 is 2.26 bits per heavy atom. The van der Waals surface area contributed by atoms with Crippen molar-refractivity contribution in [3.05, 3.63) is 82.1 Å². The van der Waals surface area contributed by atoms with Gasteiger partial charge in [0, 0.05) is 16.7 Å². The zero-order valence-electron chi connectivity index (χ0n) is 15.4. The van der Waals surface area contributed by atoms with Crippen LogP contribution in [0, 0.1) is 0 Å². The average molecular weight is 469 g/mol. The number of carboxylic acid groups (broad SMARTS) is 1. The molecule has 6 nitrogen and oxygen atoms in total. The first-order valence-electron chi connectivity index (χ1n) is 8.53. The van der Waals surface area contributed by atoms with Crippen molar-refractivity contribution >= 4 is 40.5 Å². The second-order valence-corrected chi connectivity index (χ2v) is 7.00. The predicted molar refractivity (Wildman–Crippen MR) is 111 cm³/mol. The van der Waals surface area contributed by atoms with Crippen molar-refractivity contribution in [1.29, 1.82) is 0 Å². The van der Waals surface area contributed by atoms with Crippen LogP contribution >= 0.6 is 23.2 Å². The van der Waals surface area contributed by atoms with Gasteiger partial charge in [-0.25, -0.2) is 14.3 Å². The second-order valence-electron chi connectivity index (χ2n) is 6.16. The van der Waals surface area contributed by atoms with Crippen LogP contribution in [0.5, 0.6) is 0 Å². The van der Waals surface area contributed by atoms with Gasteiger partial charge in [0.2, 0.25) is 0 Å². The summed E-state index contributed by atoms with van der Waals surface area (Å²) in [6.45, 7) is 0. The summed E-state index contributed by atoms with van der Waals surface area (Å²) >= 11 is 11.2. The SMILES string of the molecule is Nc1ccc(Cl)cc1Cl.O=C(O)c1cc2nc(-c3ccccc3)cc(C(F)(F)F)n2n1. The van der Waals surface area contributed by atoms with Gasteiger partial charge >= 0.3 is 12.1 Å². The molecule has 4 aromatic rings. The lowest BCUT2D eigenvalue weighted by atomic mass is 10.1. The number of hydrogen-bond acceptors (Lipinski definition) is 4. The summed E-state index contributed by atoms with van der Waals surface area (Å²) in [7, 11) is 0. The Hall–Kier alpha value is -3.30. The van der Waals surface area contributed by atoms with Gasteiger partial charge in [0.05, 0.1) is 16.4 Å². The van der Waals surface area contributed by atoms with E-state index in [0.717, 1.165) is 12.1 Å². The van der Waals surface area contributed by atoms with Crippen LogP contribution in [0.1, 0.15) is 16.2 Å². The largest absolute Gasteiger partial charge is 0.476 e. The molecule has 2 aromatic carbocycles. The molecule has 160 valence electrons. The summed E-state index contributed by atoms with van der Waals surface area (Å²) in [5.41, 5.74) is 4.79. The number of rotatable bonds is 2. The third-order valence-corrected chi connectivity index (χ3v) is 4.53. The maximum atomic E-state index is 13.2. The smallest absolute Gasteiger partial charge is 0.433 e. The van der Waals surface area contributed by atoms with E-state index in [-0.39, 0.29) is 11.3 Å². The Kier molecular flexibility index (Phi) is 6.37. The highest BCUT2D eigenvalue weighted by Crippen LogP contribution is 2.32. The van der Waals surface area contributed by atoms with E-state index >= 15 is 0 Å². The van der Waals surface area contributed by atoms with Gasteiger partial charge in [0.25, 0.3) is 0 Å². The molecule has 31 heavy (non-hydrogen) atoms. The van der Waals surface area contributed by atoms with E-state index in [1.807, 2.05) is 0 Å². The molecule has 0 fully saturated rings.